The van der Waals surface area contributed by atoms with Gasteiger partial charge in [0.15, 0.2) is 0 Å². The van der Waals surface area contributed by atoms with Crippen molar-refractivity contribution in [2.75, 3.05) is 23.3 Å². The number of pyridine rings is 1. The fourth-order valence-corrected chi connectivity index (χ4v) is 4.40. The number of carbonyl (C=O) groups excluding carboxylic acids is 1. The highest BCUT2D eigenvalue weighted by Gasteiger charge is 2.47. The van der Waals surface area contributed by atoms with Gasteiger partial charge in [-0.2, -0.15) is 0 Å². The average Bonchev–Trinajstić information content (AvgIpc) is 3.37. The number of rotatable bonds is 5. The Morgan fingerprint density at radius 2 is 1.94 bits per heavy atom. The van der Waals surface area contributed by atoms with Crippen molar-refractivity contribution in [1.82, 2.24) is 24.5 Å². The van der Waals surface area contributed by atoms with Crippen LogP contribution in [-0.4, -0.2) is 49.3 Å². The summed E-state index contributed by atoms with van der Waals surface area (Å²) in [6, 6.07) is 5.57. The first-order chi connectivity index (χ1) is 15.1. The van der Waals surface area contributed by atoms with Gasteiger partial charge in [-0.1, -0.05) is 6.07 Å². The fourth-order valence-electron chi connectivity index (χ4n) is 4.40. The van der Waals surface area contributed by atoms with E-state index in [1.807, 2.05) is 36.0 Å². The molecule has 4 heterocycles. The molecule has 2 fully saturated rings. The van der Waals surface area contributed by atoms with Gasteiger partial charge in [0.25, 0.3) is 0 Å². The first kappa shape index (κ1) is 19.5. The summed E-state index contributed by atoms with van der Waals surface area (Å²) in [6.07, 6.45) is 12.3. The van der Waals surface area contributed by atoms with E-state index < -0.39 is 5.60 Å². The highest BCUT2D eigenvalue weighted by Crippen LogP contribution is 2.40. The summed E-state index contributed by atoms with van der Waals surface area (Å²) in [6.45, 7) is 1.37. The average molecular weight is 419 g/mol. The van der Waals surface area contributed by atoms with Crippen molar-refractivity contribution in [2.45, 2.75) is 31.3 Å². The smallest absolute Gasteiger partial charge is 0.416 e. The molecule has 9 heteroatoms. The van der Waals surface area contributed by atoms with E-state index >= 15 is 0 Å². The number of aryl methyl sites for hydroxylation is 1. The largest absolute Gasteiger partial charge is 0.441 e. The van der Waals surface area contributed by atoms with Crippen LogP contribution >= 0.6 is 0 Å². The second-order valence-electron chi connectivity index (χ2n) is 8.31. The van der Waals surface area contributed by atoms with E-state index in [0.29, 0.717) is 24.2 Å². The minimum atomic E-state index is -0.397. The van der Waals surface area contributed by atoms with Gasteiger partial charge in [-0.05, 0) is 43.7 Å². The van der Waals surface area contributed by atoms with Crippen LogP contribution in [0.15, 0.2) is 49.2 Å². The second-order valence-corrected chi connectivity index (χ2v) is 8.31. The molecule has 0 atom stereocenters. The van der Waals surface area contributed by atoms with E-state index in [1.54, 1.807) is 29.7 Å². The van der Waals surface area contributed by atoms with E-state index in [0.717, 1.165) is 43.6 Å². The highest BCUT2D eigenvalue weighted by atomic mass is 16.6. The SMILES string of the molecule is Cn1ccnc1-c1cnc(NC[C@H]2CC[C@]3(CC2)CN(c2ccccn2)C(=O)O3)nc1. The monoisotopic (exact) mass is 419 g/mol. The summed E-state index contributed by atoms with van der Waals surface area (Å²) >= 11 is 0. The van der Waals surface area contributed by atoms with Crippen LogP contribution in [-0.2, 0) is 11.8 Å². The van der Waals surface area contributed by atoms with Crippen molar-refractivity contribution in [3.63, 3.8) is 0 Å². The van der Waals surface area contributed by atoms with Gasteiger partial charge in [-0.15, -0.1) is 0 Å². The maximum Gasteiger partial charge on any atom is 0.416 e. The Hall–Kier alpha value is -3.49. The van der Waals surface area contributed by atoms with Crippen LogP contribution in [0.4, 0.5) is 16.6 Å². The second kappa shape index (κ2) is 7.98. The lowest BCUT2D eigenvalue weighted by Gasteiger charge is -2.35. The zero-order valence-corrected chi connectivity index (χ0v) is 17.4. The van der Waals surface area contributed by atoms with E-state index in [-0.39, 0.29) is 6.09 Å². The summed E-state index contributed by atoms with van der Waals surface area (Å²) in [5.41, 5.74) is 0.490. The Morgan fingerprint density at radius 3 is 2.61 bits per heavy atom. The number of nitrogens with one attached hydrogen (secondary N) is 1. The molecule has 1 saturated carbocycles. The normalized spacial score (nSPS) is 23.2. The van der Waals surface area contributed by atoms with Crippen LogP contribution in [0.25, 0.3) is 11.4 Å². The number of hydrogen-bond donors (Lipinski definition) is 1. The Morgan fingerprint density at radius 1 is 1.13 bits per heavy atom. The fraction of sp³-hybridized carbons (Fsp3) is 0.409. The predicted octanol–water partition coefficient (Wildman–Crippen LogP) is 3.27. The summed E-state index contributed by atoms with van der Waals surface area (Å²) < 4.78 is 7.76. The number of aromatic nitrogens is 5. The molecular formula is C22H25N7O2. The van der Waals surface area contributed by atoms with Gasteiger partial charge in [0.2, 0.25) is 5.95 Å². The molecule has 0 unspecified atom stereocenters. The van der Waals surface area contributed by atoms with Crippen molar-refractivity contribution in [3.05, 3.63) is 49.2 Å². The van der Waals surface area contributed by atoms with Gasteiger partial charge < -0.3 is 14.6 Å². The van der Waals surface area contributed by atoms with E-state index in [2.05, 4.69) is 25.3 Å². The minimum Gasteiger partial charge on any atom is -0.441 e. The zero-order chi connectivity index (χ0) is 21.3. The van der Waals surface area contributed by atoms with Gasteiger partial charge in [0.1, 0.15) is 17.2 Å². The first-order valence-corrected chi connectivity index (χ1v) is 10.6. The number of nitrogens with zero attached hydrogens (tertiary/aromatic N) is 6. The molecule has 31 heavy (non-hydrogen) atoms. The molecule has 160 valence electrons. The van der Waals surface area contributed by atoms with Crippen molar-refractivity contribution in [2.24, 2.45) is 13.0 Å². The standard InChI is InChI=1S/C22H25N7O2/c1-28-11-10-24-19(28)17-13-26-20(27-14-17)25-12-16-5-7-22(8-6-16)15-29(21(30)31-22)18-4-2-3-9-23-18/h2-4,9-11,13-14,16H,5-8,12,15H2,1H3,(H,25,26,27)/t16-,22-. The van der Waals surface area contributed by atoms with Gasteiger partial charge in [-0.3, -0.25) is 4.90 Å². The lowest BCUT2D eigenvalue weighted by Crippen LogP contribution is -2.39. The molecule has 9 nitrogen and oxygen atoms in total. The lowest BCUT2D eigenvalue weighted by atomic mass is 9.78. The Bertz CT molecular complexity index is 1040. The Kier molecular flexibility index (Phi) is 5.01. The predicted molar refractivity (Wildman–Crippen MR) is 115 cm³/mol. The van der Waals surface area contributed by atoms with Crippen molar-refractivity contribution in [3.8, 4) is 11.4 Å². The van der Waals surface area contributed by atoms with Gasteiger partial charge in [0.05, 0.1) is 12.1 Å². The van der Waals surface area contributed by atoms with Gasteiger partial charge >= 0.3 is 6.09 Å². The van der Waals surface area contributed by atoms with E-state index in [4.69, 9.17) is 4.74 Å². The van der Waals surface area contributed by atoms with Crippen LogP contribution in [0.1, 0.15) is 25.7 Å². The Balaban J connectivity index is 1.14. The molecule has 1 N–H and O–H groups in total. The molecule has 1 saturated heterocycles. The van der Waals surface area contributed by atoms with E-state index in [1.165, 1.54) is 0 Å². The van der Waals surface area contributed by atoms with E-state index in [9.17, 15) is 4.79 Å². The molecule has 1 aliphatic heterocycles. The number of ether oxygens (including phenoxy) is 1. The number of anilines is 2. The summed E-state index contributed by atoms with van der Waals surface area (Å²) in [7, 11) is 1.95. The summed E-state index contributed by atoms with van der Waals surface area (Å²) in [5, 5.41) is 3.35. The van der Waals surface area contributed by atoms with Crippen molar-refractivity contribution in [1.29, 1.82) is 0 Å². The molecule has 3 aromatic heterocycles. The van der Waals surface area contributed by atoms with Crippen molar-refractivity contribution < 1.29 is 9.53 Å². The zero-order valence-electron chi connectivity index (χ0n) is 17.4. The maximum atomic E-state index is 12.4. The molecule has 0 aromatic carbocycles. The number of hydrogen-bond acceptors (Lipinski definition) is 7. The number of imidazole rings is 1. The molecular weight excluding hydrogens is 394 g/mol. The van der Waals surface area contributed by atoms with Crippen LogP contribution in [0.2, 0.25) is 0 Å². The third kappa shape index (κ3) is 3.95. The van der Waals surface area contributed by atoms with Gasteiger partial charge in [0, 0.05) is 44.6 Å². The Labute approximate surface area is 180 Å². The molecule has 3 aromatic rings. The van der Waals surface area contributed by atoms with Crippen molar-refractivity contribution >= 4 is 17.9 Å². The summed E-state index contributed by atoms with van der Waals surface area (Å²) in [4.78, 5) is 31.5. The maximum absolute atomic E-state index is 12.4. The molecule has 1 amide bonds. The molecule has 2 aliphatic rings. The first-order valence-electron chi connectivity index (χ1n) is 10.6. The number of amides is 1. The molecule has 0 bridgehead atoms. The number of carbonyl (C=O) groups is 1. The summed E-state index contributed by atoms with van der Waals surface area (Å²) in [5.74, 6) is 2.60. The third-order valence-corrected chi connectivity index (χ3v) is 6.19. The van der Waals surface area contributed by atoms with Crippen LogP contribution in [0, 0.1) is 5.92 Å². The molecule has 1 spiro atoms. The third-order valence-electron chi connectivity index (χ3n) is 6.19. The van der Waals surface area contributed by atoms with Gasteiger partial charge in [-0.25, -0.2) is 24.7 Å². The van der Waals surface area contributed by atoms with Crippen LogP contribution in [0.3, 0.4) is 0 Å². The van der Waals surface area contributed by atoms with Crippen LogP contribution < -0.4 is 10.2 Å². The molecule has 0 radical (unpaired) electrons. The molecule has 5 rings (SSSR count). The highest BCUT2D eigenvalue weighted by molar-refractivity contribution is 5.89. The van der Waals surface area contributed by atoms with Crippen LogP contribution in [0.5, 0.6) is 0 Å². The quantitative estimate of drug-likeness (QED) is 0.678. The minimum absolute atomic E-state index is 0.295. The lowest BCUT2D eigenvalue weighted by molar-refractivity contribution is 0.0148. The topological polar surface area (TPSA) is 98.1 Å². The molecule has 1 aliphatic carbocycles.